The summed E-state index contributed by atoms with van der Waals surface area (Å²) in [5.74, 6) is 0. The van der Waals surface area contributed by atoms with Crippen LogP contribution in [0.4, 0.5) is 0 Å². The van der Waals surface area contributed by atoms with Gasteiger partial charge in [0, 0.05) is 11.1 Å². The zero-order valence-corrected chi connectivity index (χ0v) is 7.00. The van der Waals surface area contributed by atoms with Gasteiger partial charge >= 0.3 is 0 Å². The Morgan fingerprint density at radius 3 is 2.07 bits per heavy atom. The van der Waals surface area contributed by atoms with Crippen molar-refractivity contribution in [2.75, 3.05) is 0 Å². The van der Waals surface area contributed by atoms with Crippen LogP contribution in [0.1, 0.15) is 0 Å². The van der Waals surface area contributed by atoms with Crippen molar-refractivity contribution in [2.45, 2.75) is 0 Å². The fraction of sp³-hybridized carbons (Fsp3) is 0. The number of hydrogen-bond donors (Lipinski definition) is 0. The predicted octanol–water partition coefficient (Wildman–Crippen LogP) is 1.60. The molecule has 1 aliphatic rings. The highest BCUT2D eigenvalue weighted by molar-refractivity contribution is 5.85. The molecule has 0 radical (unpaired) electrons. The first-order chi connectivity index (χ1) is 6.71. The van der Waals surface area contributed by atoms with Crippen LogP contribution in [0.25, 0.3) is 4.85 Å². The summed E-state index contributed by atoms with van der Waals surface area (Å²) in [4.78, 5) is 2.97. The van der Waals surface area contributed by atoms with Gasteiger partial charge in [-0.25, -0.2) is 10.1 Å². The molecule has 1 saturated carbocycles. The van der Waals surface area contributed by atoms with Gasteiger partial charge < -0.3 is 0 Å². The largest absolute Gasteiger partial charge is 0.270 e. The van der Waals surface area contributed by atoms with Gasteiger partial charge in [0.25, 0.3) is 5.70 Å². The Hall–Kier alpha value is -2.82. The molecule has 1 aliphatic carbocycles. The summed E-state index contributed by atoms with van der Waals surface area (Å²) in [6, 6.07) is 5.07. The summed E-state index contributed by atoms with van der Waals surface area (Å²) < 4.78 is 0. The minimum atomic E-state index is -0.118. The normalized spacial score (nSPS) is 15.7. The molecule has 0 N–H and O–H groups in total. The molecule has 1 rings (SSSR count). The number of nitriles is 3. The Morgan fingerprint density at radius 2 is 1.71 bits per heavy atom. The first kappa shape index (κ1) is 9.27. The van der Waals surface area contributed by atoms with E-state index in [1.165, 1.54) is 0 Å². The van der Waals surface area contributed by atoms with Crippen LogP contribution in [0.15, 0.2) is 34.6 Å². The second-order valence-corrected chi connectivity index (χ2v) is 2.40. The molecule has 0 atom stereocenters. The quantitative estimate of drug-likeness (QED) is 0.417. The average molecular weight is 178 g/mol. The molecular weight excluding hydrogens is 176 g/mol. The molecule has 0 unspecified atom stereocenters. The Bertz CT molecular complexity index is 465. The lowest BCUT2D eigenvalue weighted by Gasteiger charge is -1.75. The van der Waals surface area contributed by atoms with Crippen LogP contribution in [-0.2, 0) is 0 Å². The Kier molecular flexibility index (Phi) is 2.17. The van der Waals surface area contributed by atoms with Gasteiger partial charge in [-0.3, -0.25) is 0 Å². The van der Waals surface area contributed by atoms with E-state index in [0.29, 0.717) is 16.7 Å². The molecule has 0 aliphatic heterocycles. The molecular formula is C10H2N4. The predicted molar refractivity (Wildman–Crippen MR) is 46.6 cm³/mol. The molecule has 0 saturated heterocycles. The van der Waals surface area contributed by atoms with Gasteiger partial charge in [0.1, 0.15) is 17.7 Å². The van der Waals surface area contributed by atoms with E-state index in [1.807, 2.05) is 0 Å². The molecule has 0 aromatic rings. The van der Waals surface area contributed by atoms with Crippen LogP contribution in [0.3, 0.4) is 0 Å². The van der Waals surface area contributed by atoms with E-state index in [4.69, 9.17) is 22.4 Å². The minimum Gasteiger partial charge on any atom is -0.226 e. The number of nitrogens with zero attached hydrogens (tertiary/aromatic N) is 4. The Labute approximate surface area is 80.7 Å². The van der Waals surface area contributed by atoms with E-state index in [1.54, 1.807) is 18.2 Å². The summed E-state index contributed by atoms with van der Waals surface area (Å²) in [6.07, 6.45) is 0. The molecule has 0 aromatic carbocycles. The van der Waals surface area contributed by atoms with E-state index >= 15 is 0 Å². The highest BCUT2D eigenvalue weighted by Gasteiger charge is 2.35. The zero-order valence-electron chi connectivity index (χ0n) is 7.00. The summed E-state index contributed by atoms with van der Waals surface area (Å²) in [5, 5.41) is 25.6. The van der Waals surface area contributed by atoms with Gasteiger partial charge in [-0.1, -0.05) is 6.58 Å². The lowest BCUT2D eigenvalue weighted by Crippen LogP contribution is -1.70. The first-order valence-electron chi connectivity index (χ1n) is 3.47. The van der Waals surface area contributed by atoms with Gasteiger partial charge in [-0.15, -0.1) is 0 Å². The van der Waals surface area contributed by atoms with Crippen molar-refractivity contribution in [1.29, 1.82) is 15.8 Å². The second-order valence-electron chi connectivity index (χ2n) is 2.40. The SMILES string of the molecule is [C-]#[N+]/C(C#N)=C1\C(=C)C1=C(C#N)C#N. The topological polar surface area (TPSA) is 75.7 Å². The standard InChI is InChI=1S/C10H2N4/c1-6-9(7(3-11)4-12)10(6)8(5-13)14-2/h1H2/b10-8+. The van der Waals surface area contributed by atoms with Gasteiger partial charge in [0.2, 0.25) is 0 Å². The monoisotopic (exact) mass is 178 g/mol. The van der Waals surface area contributed by atoms with E-state index in [0.717, 1.165) is 0 Å². The van der Waals surface area contributed by atoms with E-state index in [9.17, 15) is 0 Å². The van der Waals surface area contributed by atoms with Gasteiger partial charge in [0.05, 0.1) is 12.6 Å². The summed E-state index contributed by atoms with van der Waals surface area (Å²) >= 11 is 0. The Balaban J connectivity index is 3.41. The Morgan fingerprint density at radius 1 is 1.14 bits per heavy atom. The average Bonchev–Trinajstić information content (AvgIpc) is 2.83. The highest BCUT2D eigenvalue weighted by atomic mass is 14.7. The van der Waals surface area contributed by atoms with Crippen molar-refractivity contribution in [3.8, 4) is 18.2 Å². The smallest absolute Gasteiger partial charge is 0.226 e. The van der Waals surface area contributed by atoms with Crippen LogP contribution in [0.5, 0.6) is 0 Å². The highest BCUT2D eigenvalue weighted by Crippen LogP contribution is 2.47. The third kappa shape index (κ3) is 1.14. The van der Waals surface area contributed by atoms with Crippen molar-refractivity contribution in [3.63, 3.8) is 0 Å². The van der Waals surface area contributed by atoms with Crippen LogP contribution < -0.4 is 0 Å². The van der Waals surface area contributed by atoms with Crippen molar-refractivity contribution < 1.29 is 0 Å². The molecule has 0 bridgehead atoms. The number of hydrogen-bond acceptors (Lipinski definition) is 3. The second kappa shape index (κ2) is 3.28. The van der Waals surface area contributed by atoms with Gasteiger partial charge in [0.15, 0.2) is 0 Å². The lowest BCUT2D eigenvalue weighted by atomic mass is 10.3. The molecule has 14 heavy (non-hydrogen) atoms. The maximum atomic E-state index is 8.55. The van der Waals surface area contributed by atoms with Gasteiger partial charge in [-0.05, 0) is 5.57 Å². The third-order valence-corrected chi connectivity index (χ3v) is 1.72. The fourth-order valence-electron chi connectivity index (χ4n) is 1.04. The third-order valence-electron chi connectivity index (χ3n) is 1.72. The van der Waals surface area contributed by atoms with E-state index in [-0.39, 0.29) is 11.3 Å². The summed E-state index contributed by atoms with van der Waals surface area (Å²) in [7, 11) is 0. The van der Waals surface area contributed by atoms with Crippen molar-refractivity contribution in [1.82, 2.24) is 0 Å². The van der Waals surface area contributed by atoms with Crippen molar-refractivity contribution in [2.24, 2.45) is 0 Å². The van der Waals surface area contributed by atoms with E-state index < -0.39 is 0 Å². The van der Waals surface area contributed by atoms with Crippen molar-refractivity contribution in [3.05, 3.63) is 46.0 Å². The van der Waals surface area contributed by atoms with E-state index in [2.05, 4.69) is 11.4 Å². The fourth-order valence-corrected chi connectivity index (χ4v) is 1.04. The van der Waals surface area contributed by atoms with Gasteiger partial charge in [-0.2, -0.15) is 10.5 Å². The maximum Gasteiger partial charge on any atom is 0.270 e. The number of allylic oxidation sites excluding steroid dienone is 5. The van der Waals surface area contributed by atoms with Crippen LogP contribution >= 0.6 is 0 Å². The first-order valence-corrected chi connectivity index (χ1v) is 3.47. The molecule has 0 amide bonds. The van der Waals surface area contributed by atoms with Crippen LogP contribution in [-0.4, -0.2) is 0 Å². The van der Waals surface area contributed by atoms with Crippen LogP contribution in [0.2, 0.25) is 0 Å². The summed E-state index contributed by atoms with van der Waals surface area (Å²) in [5.41, 5.74) is 0.924. The zero-order chi connectivity index (χ0) is 10.7. The van der Waals surface area contributed by atoms with Crippen molar-refractivity contribution >= 4 is 0 Å². The lowest BCUT2D eigenvalue weighted by molar-refractivity contribution is 1.45. The molecule has 0 aromatic heterocycles. The molecule has 0 spiro atoms. The molecule has 1 fully saturated rings. The van der Waals surface area contributed by atoms with Crippen LogP contribution in [0, 0.1) is 40.6 Å². The molecule has 4 nitrogen and oxygen atoms in total. The molecule has 62 valence electrons. The molecule has 0 heterocycles. The maximum absolute atomic E-state index is 8.55. The molecule has 4 heteroatoms. The summed E-state index contributed by atoms with van der Waals surface area (Å²) in [6.45, 7) is 10.2. The minimum absolute atomic E-state index is 0.0959. The number of rotatable bonds is 0.